The minimum atomic E-state index is -0.0392. The second-order valence-corrected chi connectivity index (χ2v) is 3.41. The van der Waals surface area contributed by atoms with E-state index in [2.05, 4.69) is 25.3 Å². The first-order chi connectivity index (χ1) is 6.52. The van der Waals surface area contributed by atoms with Crippen LogP contribution in [0.15, 0.2) is 0 Å². The van der Waals surface area contributed by atoms with Gasteiger partial charge in [-0.3, -0.25) is 9.59 Å². The summed E-state index contributed by atoms with van der Waals surface area (Å²) >= 11 is 8.04. The highest BCUT2D eigenvalue weighted by atomic mass is 32.1. The molecule has 0 atom stereocenters. The molecule has 4 nitrogen and oxygen atoms in total. The summed E-state index contributed by atoms with van der Waals surface area (Å²) < 4.78 is 0. The maximum atomic E-state index is 11.0. The zero-order valence-electron chi connectivity index (χ0n) is 8.43. The number of carbonyl (C=O) groups is 2. The summed E-state index contributed by atoms with van der Waals surface area (Å²) in [6.45, 7) is 3.96. The number of rotatable bonds is 5. The Bertz CT molecular complexity index is 190. The molecule has 0 saturated carbocycles. The largest absolute Gasteiger partial charge is 0.332 e. The van der Waals surface area contributed by atoms with E-state index < -0.39 is 0 Å². The normalized spacial score (nSPS) is 9.71. The van der Waals surface area contributed by atoms with Crippen LogP contribution in [-0.2, 0) is 9.59 Å². The Morgan fingerprint density at radius 3 is 1.36 bits per heavy atom. The molecule has 0 aromatic carbocycles. The molecule has 0 heterocycles. The van der Waals surface area contributed by atoms with Gasteiger partial charge in [-0.25, -0.2) is 0 Å². The van der Waals surface area contributed by atoms with E-state index in [-0.39, 0.29) is 11.8 Å². The van der Waals surface area contributed by atoms with Crippen molar-refractivity contribution in [3.8, 4) is 0 Å². The molecule has 0 fully saturated rings. The lowest BCUT2D eigenvalue weighted by atomic mass is 10.4. The molecule has 0 spiro atoms. The molecule has 0 radical (unpaired) electrons. The molecule has 6 heteroatoms. The molecule has 0 aromatic heterocycles. The Morgan fingerprint density at radius 1 is 0.929 bits per heavy atom. The smallest absolute Gasteiger partial charge is 0.220 e. The van der Waals surface area contributed by atoms with E-state index in [1.54, 1.807) is 9.80 Å². The molecule has 0 aliphatic heterocycles. The molecule has 0 N–H and O–H groups in total. The average Bonchev–Trinajstić information content (AvgIpc) is 2.11. The first-order valence-electron chi connectivity index (χ1n) is 4.25. The molecular weight excluding hydrogens is 220 g/mol. The third-order valence-electron chi connectivity index (χ3n) is 1.87. The van der Waals surface area contributed by atoms with Crippen molar-refractivity contribution < 1.29 is 9.59 Å². The lowest BCUT2D eigenvalue weighted by Crippen LogP contribution is -2.38. The van der Waals surface area contributed by atoms with Crippen molar-refractivity contribution in [1.82, 2.24) is 9.80 Å². The van der Waals surface area contributed by atoms with E-state index in [9.17, 15) is 9.59 Å². The number of hydrogen-bond acceptors (Lipinski definition) is 4. The van der Waals surface area contributed by atoms with Crippen LogP contribution in [0, 0.1) is 0 Å². The molecule has 0 bridgehead atoms. The van der Waals surface area contributed by atoms with Crippen molar-refractivity contribution in [1.29, 1.82) is 0 Å². The predicted octanol–water partition coefficient (Wildman–Crippen LogP) is 0.458. The number of hydrogen-bond donors (Lipinski definition) is 2. The van der Waals surface area contributed by atoms with Crippen molar-refractivity contribution in [3.05, 3.63) is 0 Å². The lowest BCUT2D eigenvalue weighted by Gasteiger charge is -2.23. The van der Waals surface area contributed by atoms with Gasteiger partial charge in [0, 0.05) is 26.9 Å². The summed E-state index contributed by atoms with van der Waals surface area (Å²) in [7, 11) is 0. The SMILES string of the molecule is CC(=O)N(CS)CCN(CS)C(C)=O. The molecule has 14 heavy (non-hydrogen) atoms. The summed E-state index contributed by atoms with van der Waals surface area (Å²) in [5, 5.41) is 0. The molecule has 0 aliphatic carbocycles. The van der Waals surface area contributed by atoms with Gasteiger partial charge in [0.05, 0.1) is 11.8 Å². The van der Waals surface area contributed by atoms with E-state index in [1.165, 1.54) is 13.8 Å². The highest BCUT2D eigenvalue weighted by Gasteiger charge is 2.10. The number of nitrogens with zero attached hydrogens (tertiary/aromatic N) is 2. The van der Waals surface area contributed by atoms with E-state index >= 15 is 0 Å². The van der Waals surface area contributed by atoms with Gasteiger partial charge in [-0.05, 0) is 0 Å². The van der Waals surface area contributed by atoms with Crippen molar-refractivity contribution in [2.75, 3.05) is 24.8 Å². The quantitative estimate of drug-likeness (QED) is 0.538. The Morgan fingerprint density at radius 2 is 1.21 bits per heavy atom. The van der Waals surface area contributed by atoms with Crippen LogP contribution in [0.2, 0.25) is 0 Å². The highest BCUT2D eigenvalue weighted by molar-refractivity contribution is 7.80. The fourth-order valence-electron chi connectivity index (χ4n) is 0.897. The van der Waals surface area contributed by atoms with Crippen LogP contribution < -0.4 is 0 Å². The van der Waals surface area contributed by atoms with Crippen molar-refractivity contribution in [2.24, 2.45) is 0 Å². The van der Waals surface area contributed by atoms with Crippen LogP contribution in [-0.4, -0.2) is 46.5 Å². The summed E-state index contributed by atoms with van der Waals surface area (Å²) in [6, 6.07) is 0. The van der Waals surface area contributed by atoms with Crippen LogP contribution in [0.4, 0.5) is 0 Å². The highest BCUT2D eigenvalue weighted by Crippen LogP contribution is 1.96. The van der Waals surface area contributed by atoms with E-state index in [1.807, 2.05) is 0 Å². The molecule has 0 saturated heterocycles. The standard InChI is InChI=1S/C8H16N2O2S2/c1-7(11)9(5-13)3-4-10(6-14)8(2)12/h13-14H,3-6H2,1-2H3. The molecule has 2 amide bonds. The van der Waals surface area contributed by atoms with Crippen LogP contribution in [0.5, 0.6) is 0 Å². The first kappa shape index (κ1) is 13.6. The average molecular weight is 236 g/mol. The van der Waals surface area contributed by atoms with Crippen LogP contribution in [0.1, 0.15) is 13.8 Å². The minimum Gasteiger partial charge on any atom is -0.332 e. The Balaban J connectivity index is 4.00. The third kappa shape index (κ3) is 4.76. The predicted molar refractivity (Wildman–Crippen MR) is 62.5 cm³/mol. The number of amides is 2. The van der Waals surface area contributed by atoms with Crippen molar-refractivity contribution >= 4 is 37.1 Å². The van der Waals surface area contributed by atoms with Crippen molar-refractivity contribution in [3.63, 3.8) is 0 Å². The molecule has 0 rings (SSSR count). The topological polar surface area (TPSA) is 40.6 Å². The lowest BCUT2D eigenvalue weighted by molar-refractivity contribution is -0.131. The van der Waals surface area contributed by atoms with Gasteiger partial charge in [0.25, 0.3) is 0 Å². The maximum Gasteiger partial charge on any atom is 0.220 e. The fraction of sp³-hybridized carbons (Fsp3) is 0.750. The Kier molecular flexibility index (Phi) is 6.82. The summed E-state index contributed by atoms with van der Waals surface area (Å²) in [5.41, 5.74) is 0. The van der Waals surface area contributed by atoms with Gasteiger partial charge >= 0.3 is 0 Å². The third-order valence-corrected chi connectivity index (χ3v) is 2.55. The van der Waals surface area contributed by atoms with E-state index in [0.717, 1.165) is 0 Å². The number of thiol groups is 2. The van der Waals surface area contributed by atoms with Gasteiger partial charge in [0.15, 0.2) is 0 Å². The fourth-order valence-corrected chi connectivity index (χ4v) is 1.58. The van der Waals surface area contributed by atoms with Crippen LogP contribution in [0.25, 0.3) is 0 Å². The van der Waals surface area contributed by atoms with E-state index in [0.29, 0.717) is 24.8 Å². The molecule has 0 aromatic rings. The van der Waals surface area contributed by atoms with Gasteiger partial charge < -0.3 is 9.80 Å². The van der Waals surface area contributed by atoms with Gasteiger partial charge in [-0.2, -0.15) is 25.3 Å². The van der Waals surface area contributed by atoms with Gasteiger partial charge in [0.2, 0.25) is 11.8 Å². The molecule has 82 valence electrons. The molecular formula is C8H16N2O2S2. The van der Waals surface area contributed by atoms with E-state index in [4.69, 9.17) is 0 Å². The summed E-state index contributed by atoms with van der Waals surface area (Å²) in [6.07, 6.45) is 0. The van der Waals surface area contributed by atoms with Crippen molar-refractivity contribution in [2.45, 2.75) is 13.8 Å². The van der Waals surface area contributed by atoms with Crippen LogP contribution in [0.3, 0.4) is 0 Å². The second-order valence-electron chi connectivity index (χ2n) is 2.85. The Labute approximate surface area is 95.4 Å². The molecule has 0 aliphatic rings. The molecule has 0 unspecified atom stereocenters. The van der Waals surface area contributed by atoms with Gasteiger partial charge in [-0.15, -0.1) is 0 Å². The minimum absolute atomic E-state index is 0.0392. The zero-order valence-corrected chi connectivity index (χ0v) is 10.2. The summed E-state index contributed by atoms with van der Waals surface area (Å²) in [5.74, 6) is 0.659. The van der Waals surface area contributed by atoms with Gasteiger partial charge in [-0.1, -0.05) is 0 Å². The van der Waals surface area contributed by atoms with Gasteiger partial charge in [0.1, 0.15) is 0 Å². The maximum absolute atomic E-state index is 11.0. The second kappa shape index (κ2) is 7.00. The van der Waals surface area contributed by atoms with Crippen LogP contribution >= 0.6 is 25.3 Å². The monoisotopic (exact) mass is 236 g/mol. The summed E-state index contributed by atoms with van der Waals surface area (Å²) in [4.78, 5) is 25.1. The Hall–Kier alpha value is -0.360. The zero-order chi connectivity index (χ0) is 11.1. The number of carbonyl (C=O) groups excluding carboxylic acids is 2. The first-order valence-corrected chi connectivity index (χ1v) is 5.52.